The first-order valence-corrected chi connectivity index (χ1v) is 5.65. The zero-order chi connectivity index (χ0) is 13.4. The van der Waals surface area contributed by atoms with E-state index in [9.17, 15) is 8.78 Å². The molecule has 3 aromatic rings. The van der Waals surface area contributed by atoms with Crippen LogP contribution in [0.2, 0.25) is 0 Å². The van der Waals surface area contributed by atoms with Crippen LogP contribution in [0, 0.1) is 11.8 Å². The highest BCUT2D eigenvalue weighted by Gasteiger charge is 2.09. The Morgan fingerprint density at radius 3 is 2.63 bits per heavy atom. The highest BCUT2D eigenvalue weighted by Crippen LogP contribution is 2.20. The van der Waals surface area contributed by atoms with Crippen molar-refractivity contribution in [2.24, 2.45) is 7.05 Å². The number of aromatic nitrogens is 3. The predicted octanol–water partition coefficient (Wildman–Crippen LogP) is 2.99. The molecule has 2 heterocycles. The van der Waals surface area contributed by atoms with Crippen LogP contribution in [0.15, 0.2) is 36.4 Å². The van der Waals surface area contributed by atoms with Crippen molar-refractivity contribution in [3.63, 3.8) is 0 Å². The smallest absolute Gasteiger partial charge is 0.217 e. The number of fused-ring (bicyclic) bond motifs is 1. The molecule has 1 aromatic carbocycles. The highest BCUT2D eigenvalue weighted by molar-refractivity contribution is 5.79. The molecular weight excluding hydrogens is 250 g/mol. The van der Waals surface area contributed by atoms with Crippen molar-refractivity contribution in [2.45, 2.75) is 0 Å². The number of para-hydroxylation sites is 2. The third-order valence-electron chi connectivity index (χ3n) is 2.79. The largest absolute Gasteiger partial charge is 0.313 e. The number of imidazole rings is 1. The van der Waals surface area contributed by atoms with Crippen LogP contribution in [0.5, 0.6) is 0 Å². The maximum absolute atomic E-state index is 13.1. The Morgan fingerprint density at radius 1 is 1.11 bits per heavy atom. The maximum Gasteiger partial charge on any atom is 0.217 e. The Morgan fingerprint density at radius 2 is 1.89 bits per heavy atom. The SMILES string of the molecule is Cn1c(Nc2cc(F)cc(F)n2)nc2ccccc21. The summed E-state index contributed by atoms with van der Waals surface area (Å²) in [4.78, 5) is 7.90. The first-order chi connectivity index (χ1) is 9.13. The van der Waals surface area contributed by atoms with E-state index >= 15 is 0 Å². The van der Waals surface area contributed by atoms with Gasteiger partial charge in [0.2, 0.25) is 11.9 Å². The van der Waals surface area contributed by atoms with Gasteiger partial charge in [0.1, 0.15) is 11.6 Å². The standard InChI is InChI=1S/C13H10F2N4/c1-19-10-5-3-2-4-9(10)16-13(19)18-12-7-8(14)6-11(15)17-12/h2-7H,1H3,(H,16,17,18). The van der Waals surface area contributed by atoms with E-state index < -0.39 is 11.8 Å². The molecule has 19 heavy (non-hydrogen) atoms. The van der Waals surface area contributed by atoms with Crippen molar-refractivity contribution in [1.29, 1.82) is 0 Å². The maximum atomic E-state index is 13.1. The van der Waals surface area contributed by atoms with Crippen molar-refractivity contribution >= 4 is 22.8 Å². The van der Waals surface area contributed by atoms with Crippen molar-refractivity contribution in [3.8, 4) is 0 Å². The van der Waals surface area contributed by atoms with Gasteiger partial charge in [-0.1, -0.05) is 12.1 Å². The second kappa shape index (κ2) is 4.31. The predicted molar refractivity (Wildman–Crippen MR) is 68.1 cm³/mol. The van der Waals surface area contributed by atoms with Crippen LogP contribution < -0.4 is 5.32 Å². The monoisotopic (exact) mass is 260 g/mol. The lowest BCUT2D eigenvalue weighted by Crippen LogP contribution is -2.02. The minimum absolute atomic E-state index is 0.0795. The number of pyridine rings is 1. The normalized spacial score (nSPS) is 10.9. The molecule has 0 saturated heterocycles. The van der Waals surface area contributed by atoms with Crippen LogP contribution in [0.3, 0.4) is 0 Å². The molecule has 2 aromatic heterocycles. The summed E-state index contributed by atoms with van der Waals surface area (Å²) in [7, 11) is 1.81. The van der Waals surface area contributed by atoms with Crippen LogP contribution in [0.25, 0.3) is 11.0 Å². The molecule has 4 nitrogen and oxygen atoms in total. The fourth-order valence-corrected chi connectivity index (χ4v) is 1.90. The van der Waals surface area contributed by atoms with Gasteiger partial charge in [-0.05, 0) is 12.1 Å². The van der Waals surface area contributed by atoms with Crippen LogP contribution >= 0.6 is 0 Å². The summed E-state index contributed by atoms with van der Waals surface area (Å²) in [6.07, 6.45) is 0. The molecule has 6 heteroatoms. The van der Waals surface area contributed by atoms with Crippen LogP contribution in [-0.4, -0.2) is 14.5 Å². The summed E-state index contributed by atoms with van der Waals surface area (Å²) in [6, 6.07) is 9.38. The average molecular weight is 260 g/mol. The van der Waals surface area contributed by atoms with E-state index in [1.54, 1.807) is 4.57 Å². The van der Waals surface area contributed by atoms with Gasteiger partial charge in [0.05, 0.1) is 11.0 Å². The molecule has 0 saturated carbocycles. The molecule has 96 valence electrons. The molecule has 0 unspecified atom stereocenters. The first-order valence-electron chi connectivity index (χ1n) is 5.65. The average Bonchev–Trinajstić information content (AvgIpc) is 2.66. The molecule has 0 aliphatic rings. The van der Waals surface area contributed by atoms with E-state index in [-0.39, 0.29) is 5.82 Å². The highest BCUT2D eigenvalue weighted by atomic mass is 19.1. The van der Waals surface area contributed by atoms with Crippen LogP contribution in [-0.2, 0) is 7.05 Å². The van der Waals surface area contributed by atoms with Gasteiger partial charge in [-0.25, -0.2) is 14.4 Å². The summed E-state index contributed by atoms with van der Waals surface area (Å²) >= 11 is 0. The van der Waals surface area contributed by atoms with Gasteiger partial charge >= 0.3 is 0 Å². The van der Waals surface area contributed by atoms with Crippen LogP contribution in [0.1, 0.15) is 0 Å². The number of benzene rings is 1. The molecule has 0 aliphatic heterocycles. The third kappa shape index (κ3) is 2.12. The van der Waals surface area contributed by atoms with E-state index in [1.165, 1.54) is 0 Å². The molecule has 0 fully saturated rings. The zero-order valence-electron chi connectivity index (χ0n) is 10.1. The number of aryl methyl sites for hydroxylation is 1. The molecule has 0 aliphatic carbocycles. The second-order valence-electron chi connectivity index (χ2n) is 4.10. The Kier molecular flexibility index (Phi) is 2.63. The fourth-order valence-electron chi connectivity index (χ4n) is 1.90. The third-order valence-corrected chi connectivity index (χ3v) is 2.79. The number of nitrogens with zero attached hydrogens (tertiary/aromatic N) is 3. The summed E-state index contributed by atoms with van der Waals surface area (Å²) in [5, 5.41) is 2.80. The van der Waals surface area contributed by atoms with Crippen molar-refractivity contribution in [3.05, 3.63) is 48.2 Å². The summed E-state index contributed by atoms with van der Waals surface area (Å²) in [5.74, 6) is -1.01. The molecule has 0 radical (unpaired) electrons. The van der Waals surface area contributed by atoms with Crippen molar-refractivity contribution in [2.75, 3.05) is 5.32 Å². The quantitative estimate of drug-likeness (QED) is 0.720. The Hall–Kier alpha value is -2.50. The first kappa shape index (κ1) is 11.6. The van der Waals surface area contributed by atoms with Gasteiger partial charge in [0, 0.05) is 19.2 Å². The number of hydrogen-bond acceptors (Lipinski definition) is 3. The molecule has 3 rings (SSSR count). The van der Waals surface area contributed by atoms with Gasteiger partial charge in [0.25, 0.3) is 0 Å². The van der Waals surface area contributed by atoms with E-state index in [4.69, 9.17) is 0 Å². The number of halogens is 2. The molecule has 0 bridgehead atoms. The van der Waals surface area contributed by atoms with Gasteiger partial charge in [-0.2, -0.15) is 4.39 Å². The molecular formula is C13H10F2N4. The minimum atomic E-state index is -0.874. The zero-order valence-corrected chi connectivity index (χ0v) is 10.1. The molecule has 0 amide bonds. The fraction of sp³-hybridized carbons (Fsp3) is 0.0769. The van der Waals surface area contributed by atoms with Gasteiger partial charge in [-0.15, -0.1) is 0 Å². The summed E-state index contributed by atoms with van der Waals surface area (Å²) in [6.45, 7) is 0. The van der Waals surface area contributed by atoms with Gasteiger partial charge < -0.3 is 9.88 Å². The van der Waals surface area contributed by atoms with E-state index in [0.29, 0.717) is 5.95 Å². The summed E-state index contributed by atoms with van der Waals surface area (Å²) in [5.41, 5.74) is 1.71. The number of nitrogens with one attached hydrogen (secondary N) is 1. The minimum Gasteiger partial charge on any atom is -0.313 e. The van der Waals surface area contributed by atoms with E-state index in [0.717, 1.165) is 23.2 Å². The topological polar surface area (TPSA) is 42.7 Å². The van der Waals surface area contributed by atoms with Gasteiger partial charge in [0.15, 0.2) is 0 Å². The van der Waals surface area contributed by atoms with E-state index in [1.807, 2.05) is 31.3 Å². The second-order valence-corrected chi connectivity index (χ2v) is 4.10. The van der Waals surface area contributed by atoms with Crippen molar-refractivity contribution in [1.82, 2.24) is 14.5 Å². The molecule has 0 spiro atoms. The molecule has 1 N–H and O–H groups in total. The number of hydrogen-bond donors (Lipinski definition) is 1. The van der Waals surface area contributed by atoms with E-state index in [2.05, 4.69) is 15.3 Å². The lowest BCUT2D eigenvalue weighted by Gasteiger charge is -2.05. The Balaban J connectivity index is 2.03. The Labute approximate surface area is 107 Å². The lowest BCUT2D eigenvalue weighted by atomic mass is 10.3. The van der Waals surface area contributed by atoms with Crippen molar-refractivity contribution < 1.29 is 8.78 Å². The number of rotatable bonds is 2. The Bertz CT molecular complexity index is 731. The number of anilines is 2. The molecule has 0 atom stereocenters. The van der Waals surface area contributed by atoms with Crippen LogP contribution in [0.4, 0.5) is 20.5 Å². The van der Waals surface area contributed by atoms with Gasteiger partial charge in [-0.3, -0.25) is 0 Å². The summed E-state index contributed by atoms with van der Waals surface area (Å²) < 4.78 is 27.9. The lowest BCUT2D eigenvalue weighted by molar-refractivity contribution is 0.554.